The molecule has 2 aromatic rings. The topological polar surface area (TPSA) is 0 Å². The summed E-state index contributed by atoms with van der Waals surface area (Å²) in [7, 11) is 2.14. The zero-order chi connectivity index (χ0) is 9.80. The summed E-state index contributed by atoms with van der Waals surface area (Å²) < 4.78 is 0. The van der Waals surface area contributed by atoms with Crippen molar-refractivity contribution in [2.24, 2.45) is 0 Å². The van der Waals surface area contributed by atoms with Crippen molar-refractivity contribution in [1.29, 1.82) is 0 Å². The molecular formula is C12H11BS. The third kappa shape index (κ3) is 2.21. The van der Waals surface area contributed by atoms with E-state index in [1.54, 1.807) is 0 Å². The van der Waals surface area contributed by atoms with E-state index in [-0.39, 0.29) is 0 Å². The predicted molar refractivity (Wildman–Crippen MR) is 65.2 cm³/mol. The van der Waals surface area contributed by atoms with Gasteiger partial charge in [-0.05, 0) is 18.2 Å². The van der Waals surface area contributed by atoms with Crippen molar-refractivity contribution in [2.75, 3.05) is 0 Å². The normalized spacial score (nSPS) is 10.0. The molecule has 0 saturated carbocycles. The summed E-state index contributed by atoms with van der Waals surface area (Å²) in [4.78, 5) is 2.63. The highest BCUT2D eigenvalue weighted by Crippen LogP contribution is 2.24. The van der Waals surface area contributed by atoms with Crippen molar-refractivity contribution in [3.05, 3.63) is 54.6 Å². The lowest BCUT2D eigenvalue weighted by molar-refractivity contribution is 1.43. The lowest BCUT2D eigenvalue weighted by Crippen LogP contribution is -2.03. The number of hydrogen-bond donors (Lipinski definition) is 0. The Morgan fingerprint density at radius 1 is 0.786 bits per heavy atom. The molecule has 0 atom stereocenters. The summed E-state index contributed by atoms with van der Waals surface area (Å²) in [6.07, 6.45) is 0. The predicted octanol–water partition coefficient (Wildman–Crippen LogP) is 2.10. The van der Waals surface area contributed by atoms with Gasteiger partial charge in [-0.15, -0.1) is 0 Å². The first-order valence-electron chi connectivity index (χ1n) is 4.65. The average Bonchev–Trinajstić information content (AvgIpc) is 2.23. The molecule has 68 valence electrons. The summed E-state index contributed by atoms with van der Waals surface area (Å²) in [6, 6.07) is 18.9. The van der Waals surface area contributed by atoms with Crippen LogP contribution in [0.25, 0.3) is 0 Å². The van der Waals surface area contributed by atoms with Gasteiger partial charge in [-0.25, -0.2) is 0 Å². The maximum Gasteiger partial charge on any atom is 0.140 e. The van der Waals surface area contributed by atoms with Gasteiger partial charge in [0, 0.05) is 9.79 Å². The quantitative estimate of drug-likeness (QED) is 0.666. The van der Waals surface area contributed by atoms with E-state index in [0.717, 1.165) is 0 Å². The van der Waals surface area contributed by atoms with Crippen molar-refractivity contribution in [2.45, 2.75) is 9.79 Å². The minimum atomic E-state index is 1.29. The Morgan fingerprint density at radius 3 is 2.14 bits per heavy atom. The lowest BCUT2D eigenvalue weighted by Gasteiger charge is -2.04. The first-order valence-corrected chi connectivity index (χ1v) is 5.46. The maximum atomic E-state index is 2.16. The smallest absolute Gasteiger partial charge is 0.0907 e. The molecule has 2 rings (SSSR count). The van der Waals surface area contributed by atoms with Gasteiger partial charge in [-0.3, -0.25) is 0 Å². The SMILES string of the molecule is Bc1ccccc1Sc1ccccc1. The highest BCUT2D eigenvalue weighted by atomic mass is 32.2. The molecule has 2 heteroatoms. The van der Waals surface area contributed by atoms with E-state index in [2.05, 4.69) is 56.4 Å². The van der Waals surface area contributed by atoms with Gasteiger partial charge >= 0.3 is 0 Å². The van der Waals surface area contributed by atoms with Crippen LogP contribution >= 0.6 is 11.8 Å². The van der Waals surface area contributed by atoms with E-state index in [4.69, 9.17) is 0 Å². The molecule has 0 fully saturated rings. The van der Waals surface area contributed by atoms with E-state index in [1.807, 2.05) is 17.8 Å². The van der Waals surface area contributed by atoms with Crippen LogP contribution < -0.4 is 5.46 Å². The highest BCUT2D eigenvalue weighted by Gasteiger charge is 1.98. The van der Waals surface area contributed by atoms with Crippen LogP contribution in [0.2, 0.25) is 0 Å². The van der Waals surface area contributed by atoms with Crippen LogP contribution in [0.3, 0.4) is 0 Å². The van der Waals surface area contributed by atoms with Gasteiger partial charge in [-0.1, -0.05) is 53.6 Å². The molecule has 0 unspecified atom stereocenters. The molecule has 0 aliphatic carbocycles. The van der Waals surface area contributed by atoms with Gasteiger partial charge in [0.05, 0.1) is 0 Å². The second-order valence-corrected chi connectivity index (χ2v) is 4.30. The highest BCUT2D eigenvalue weighted by molar-refractivity contribution is 7.99. The minimum Gasteiger partial charge on any atom is -0.0907 e. The molecule has 14 heavy (non-hydrogen) atoms. The Morgan fingerprint density at radius 2 is 1.43 bits per heavy atom. The first-order chi connectivity index (χ1) is 6.86. The molecule has 0 saturated heterocycles. The van der Waals surface area contributed by atoms with Gasteiger partial charge in [-0.2, -0.15) is 0 Å². The summed E-state index contributed by atoms with van der Waals surface area (Å²) in [5.74, 6) is 0. The molecule has 0 amide bonds. The van der Waals surface area contributed by atoms with Gasteiger partial charge < -0.3 is 0 Å². The number of benzene rings is 2. The number of rotatable bonds is 2. The van der Waals surface area contributed by atoms with E-state index in [1.165, 1.54) is 15.3 Å². The zero-order valence-electron chi connectivity index (χ0n) is 8.10. The summed E-state index contributed by atoms with van der Waals surface area (Å²) >= 11 is 1.81. The minimum absolute atomic E-state index is 1.29. The second-order valence-electron chi connectivity index (χ2n) is 3.18. The number of hydrogen-bond acceptors (Lipinski definition) is 1. The van der Waals surface area contributed by atoms with Crippen molar-refractivity contribution in [3.8, 4) is 0 Å². The van der Waals surface area contributed by atoms with E-state index in [9.17, 15) is 0 Å². The third-order valence-corrected chi connectivity index (χ3v) is 3.25. The maximum absolute atomic E-state index is 2.16. The molecule has 0 spiro atoms. The van der Waals surface area contributed by atoms with Crippen LogP contribution in [-0.2, 0) is 0 Å². The molecule has 0 radical (unpaired) electrons. The van der Waals surface area contributed by atoms with Crippen LogP contribution in [0.4, 0.5) is 0 Å². The molecule has 2 aromatic carbocycles. The van der Waals surface area contributed by atoms with Gasteiger partial charge in [0.1, 0.15) is 7.85 Å². The summed E-state index contributed by atoms with van der Waals surface area (Å²) in [6.45, 7) is 0. The standard InChI is InChI=1S/C12H11BS/c13-11-8-4-5-9-12(11)14-10-6-2-1-3-7-10/h1-9H,13H2. The molecule has 0 nitrogen and oxygen atoms in total. The van der Waals surface area contributed by atoms with Crippen LogP contribution in [0.5, 0.6) is 0 Å². The fourth-order valence-corrected chi connectivity index (χ4v) is 2.21. The van der Waals surface area contributed by atoms with E-state index in [0.29, 0.717) is 0 Å². The van der Waals surface area contributed by atoms with Crippen LogP contribution in [0.15, 0.2) is 64.4 Å². The Kier molecular flexibility index (Phi) is 2.95. The summed E-state index contributed by atoms with van der Waals surface area (Å²) in [5, 5.41) is 0. The van der Waals surface area contributed by atoms with Crippen LogP contribution in [0.1, 0.15) is 0 Å². The fourth-order valence-electron chi connectivity index (χ4n) is 1.29. The average molecular weight is 198 g/mol. The largest absolute Gasteiger partial charge is 0.140 e. The summed E-state index contributed by atoms with van der Waals surface area (Å²) in [5.41, 5.74) is 1.33. The molecule has 0 heterocycles. The van der Waals surface area contributed by atoms with Gasteiger partial charge in [0.15, 0.2) is 0 Å². The van der Waals surface area contributed by atoms with Gasteiger partial charge in [0.2, 0.25) is 0 Å². The van der Waals surface area contributed by atoms with E-state index >= 15 is 0 Å². The second kappa shape index (κ2) is 4.38. The van der Waals surface area contributed by atoms with Gasteiger partial charge in [0.25, 0.3) is 0 Å². The van der Waals surface area contributed by atoms with Crippen molar-refractivity contribution >= 4 is 25.1 Å². The van der Waals surface area contributed by atoms with Crippen LogP contribution in [0, 0.1) is 0 Å². The molecule has 0 aliphatic rings. The van der Waals surface area contributed by atoms with Crippen molar-refractivity contribution in [3.63, 3.8) is 0 Å². The Bertz CT molecular complexity index is 412. The molecular weight excluding hydrogens is 187 g/mol. The Hall–Kier alpha value is -1.15. The molecule has 0 bridgehead atoms. The molecule has 0 aromatic heterocycles. The molecule has 0 aliphatic heterocycles. The monoisotopic (exact) mass is 198 g/mol. The molecule has 0 N–H and O–H groups in total. The zero-order valence-corrected chi connectivity index (χ0v) is 8.92. The van der Waals surface area contributed by atoms with Crippen LogP contribution in [-0.4, -0.2) is 7.85 Å². The fraction of sp³-hybridized carbons (Fsp3) is 0. The third-order valence-electron chi connectivity index (χ3n) is 2.06. The van der Waals surface area contributed by atoms with E-state index < -0.39 is 0 Å². The Balaban J connectivity index is 2.24. The lowest BCUT2D eigenvalue weighted by atomic mass is 9.97. The van der Waals surface area contributed by atoms with Crippen molar-refractivity contribution in [1.82, 2.24) is 0 Å². The Labute approximate surface area is 89.8 Å². The van der Waals surface area contributed by atoms with Crippen molar-refractivity contribution < 1.29 is 0 Å². The first kappa shape index (κ1) is 9.41.